The molecule has 1 amide bonds. The third-order valence-electron chi connectivity index (χ3n) is 3.90. The Morgan fingerprint density at radius 3 is 2.60 bits per heavy atom. The predicted molar refractivity (Wildman–Crippen MR) is 96.3 cm³/mol. The molecular weight excluding hydrogens is 342 g/mol. The van der Waals surface area contributed by atoms with E-state index < -0.39 is 5.91 Å². The molecule has 0 spiro atoms. The van der Waals surface area contributed by atoms with Gasteiger partial charge in [0.2, 0.25) is 0 Å². The minimum absolute atomic E-state index is 0.0202. The molecule has 0 unspecified atom stereocenters. The van der Waals surface area contributed by atoms with E-state index >= 15 is 0 Å². The smallest absolute Gasteiger partial charge is 0.271 e. The van der Waals surface area contributed by atoms with Crippen LogP contribution >= 0.6 is 11.3 Å². The Morgan fingerprint density at radius 1 is 1.20 bits per heavy atom. The Balaban J connectivity index is 1.97. The number of carbonyl (C=O) groups is 1. The van der Waals surface area contributed by atoms with Gasteiger partial charge in [-0.25, -0.2) is 4.98 Å². The molecule has 3 rings (SSSR count). The molecule has 0 bridgehead atoms. The lowest BCUT2D eigenvalue weighted by molar-refractivity contribution is 0.102. The first-order valence-electron chi connectivity index (χ1n) is 7.47. The molecule has 0 saturated carbocycles. The van der Waals surface area contributed by atoms with Crippen LogP contribution in [-0.4, -0.2) is 29.5 Å². The van der Waals surface area contributed by atoms with Gasteiger partial charge >= 0.3 is 0 Å². The topological polar surface area (TPSA) is 81.9 Å². The molecule has 0 atom stereocenters. The van der Waals surface area contributed by atoms with Crippen LogP contribution < -0.4 is 20.3 Å². The molecule has 0 radical (unpaired) electrons. The summed E-state index contributed by atoms with van der Waals surface area (Å²) < 4.78 is 11.8. The number of aryl methyl sites for hydroxylation is 2. The summed E-state index contributed by atoms with van der Waals surface area (Å²) in [6.45, 7) is 3.75. The highest BCUT2D eigenvalue weighted by Gasteiger charge is 2.17. The molecule has 7 nitrogen and oxygen atoms in total. The average Bonchev–Trinajstić information content (AvgIpc) is 2.90. The van der Waals surface area contributed by atoms with Crippen LogP contribution in [0, 0.1) is 13.8 Å². The van der Waals surface area contributed by atoms with Crippen LogP contribution in [0.2, 0.25) is 0 Å². The normalized spacial score (nSPS) is 10.7. The minimum atomic E-state index is -0.526. The molecule has 1 aromatic carbocycles. The monoisotopic (exact) mass is 359 g/mol. The van der Waals surface area contributed by atoms with Gasteiger partial charge in [-0.05, 0) is 26.0 Å². The van der Waals surface area contributed by atoms with Crippen molar-refractivity contribution in [2.75, 3.05) is 19.5 Å². The summed E-state index contributed by atoms with van der Waals surface area (Å²) in [5.41, 5.74) is 0.877. The minimum Gasteiger partial charge on any atom is -0.493 e. The first-order chi connectivity index (χ1) is 12.0. The van der Waals surface area contributed by atoms with E-state index in [2.05, 4.69) is 10.3 Å². The number of hydrogen-bond donors (Lipinski definition) is 1. The third-order valence-corrected chi connectivity index (χ3v) is 4.98. The van der Waals surface area contributed by atoms with Gasteiger partial charge in [-0.1, -0.05) is 0 Å². The van der Waals surface area contributed by atoms with Crippen molar-refractivity contribution in [2.45, 2.75) is 13.8 Å². The molecule has 1 N–H and O–H groups in total. The highest BCUT2D eigenvalue weighted by Crippen LogP contribution is 2.29. The summed E-state index contributed by atoms with van der Waals surface area (Å²) >= 11 is 1.42. The van der Waals surface area contributed by atoms with E-state index in [4.69, 9.17) is 9.47 Å². The van der Waals surface area contributed by atoms with Gasteiger partial charge in [-0.15, -0.1) is 11.3 Å². The van der Waals surface area contributed by atoms with Gasteiger partial charge in [0.25, 0.3) is 11.5 Å². The van der Waals surface area contributed by atoms with Gasteiger partial charge < -0.3 is 14.8 Å². The maximum Gasteiger partial charge on any atom is 0.271 e. The number of hydrogen-bond acceptors (Lipinski definition) is 6. The van der Waals surface area contributed by atoms with Gasteiger partial charge in [-0.3, -0.25) is 14.0 Å². The van der Waals surface area contributed by atoms with Crippen molar-refractivity contribution in [3.8, 4) is 11.5 Å². The lowest BCUT2D eigenvalue weighted by atomic mass is 10.2. The quantitative estimate of drug-likeness (QED) is 0.774. The van der Waals surface area contributed by atoms with Gasteiger partial charge in [0.1, 0.15) is 5.56 Å². The summed E-state index contributed by atoms with van der Waals surface area (Å²) in [6.07, 6.45) is 1.31. The van der Waals surface area contributed by atoms with E-state index in [0.717, 1.165) is 10.6 Å². The van der Waals surface area contributed by atoms with Crippen molar-refractivity contribution in [1.29, 1.82) is 0 Å². The second-order valence-electron chi connectivity index (χ2n) is 5.36. The first-order valence-corrected chi connectivity index (χ1v) is 8.29. The summed E-state index contributed by atoms with van der Waals surface area (Å²) in [5, 5.41) is 2.69. The molecule has 0 fully saturated rings. The van der Waals surface area contributed by atoms with Crippen molar-refractivity contribution in [1.82, 2.24) is 9.38 Å². The van der Waals surface area contributed by atoms with Crippen LogP contribution in [0.3, 0.4) is 0 Å². The number of aromatic nitrogens is 2. The number of thiazole rings is 1. The Hall–Kier alpha value is -2.87. The van der Waals surface area contributed by atoms with Gasteiger partial charge in [0.15, 0.2) is 16.5 Å². The van der Waals surface area contributed by atoms with Gasteiger partial charge in [0.05, 0.1) is 14.2 Å². The first kappa shape index (κ1) is 17.0. The van der Waals surface area contributed by atoms with Crippen LogP contribution in [0.25, 0.3) is 4.96 Å². The number of nitrogens with one attached hydrogen (secondary N) is 1. The van der Waals surface area contributed by atoms with E-state index in [1.165, 1.54) is 36.2 Å². The molecule has 3 aromatic rings. The zero-order chi connectivity index (χ0) is 18.1. The highest BCUT2D eigenvalue weighted by atomic mass is 32.1. The fraction of sp³-hybridized carbons (Fsp3) is 0.235. The second kappa shape index (κ2) is 6.56. The molecule has 25 heavy (non-hydrogen) atoms. The van der Waals surface area contributed by atoms with Crippen LogP contribution in [0.1, 0.15) is 20.9 Å². The molecule has 0 saturated heterocycles. The van der Waals surface area contributed by atoms with E-state index in [0.29, 0.717) is 22.1 Å². The summed E-state index contributed by atoms with van der Waals surface area (Å²) in [5.74, 6) is 0.505. The second-order valence-corrected chi connectivity index (χ2v) is 6.54. The Morgan fingerprint density at radius 2 is 1.92 bits per heavy atom. The zero-order valence-electron chi connectivity index (χ0n) is 14.2. The van der Waals surface area contributed by atoms with Gasteiger partial charge in [0, 0.05) is 28.5 Å². The molecule has 2 heterocycles. The molecule has 2 aromatic heterocycles. The van der Waals surface area contributed by atoms with Crippen molar-refractivity contribution in [2.24, 2.45) is 0 Å². The Labute approximate surface area is 147 Å². The summed E-state index contributed by atoms with van der Waals surface area (Å²) in [7, 11) is 3.04. The van der Waals surface area contributed by atoms with Crippen molar-refractivity contribution >= 4 is 27.9 Å². The number of carbonyl (C=O) groups excluding carboxylic acids is 1. The predicted octanol–water partition coefficient (Wildman–Crippen LogP) is 2.64. The number of fused-ring (bicyclic) bond motifs is 1. The zero-order valence-corrected chi connectivity index (χ0v) is 15.1. The third kappa shape index (κ3) is 2.96. The molecule has 0 aliphatic carbocycles. The highest BCUT2D eigenvalue weighted by molar-refractivity contribution is 7.17. The number of benzene rings is 1. The average molecular weight is 359 g/mol. The van der Waals surface area contributed by atoms with E-state index in [9.17, 15) is 9.59 Å². The summed E-state index contributed by atoms with van der Waals surface area (Å²) in [6, 6.07) is 4.97. The van der Waals surface area contributed by atoms with Crippen molar-refractivity contribution < 1.29 is 14.3 Å². The van der Waals surface area contributed by atoms with E-state index in [1.54, 1.807) is 18.2 Å². The molecule has 8 heteroatoms. The maximum absolute atomic E-state index is 12.6. The standard InChI is InChI=1S/C17H17N3O4S/c1-9-10(2)25-17-18-8-12(16(22)20(9)17)15(21)19-11-5-6-13(23-3)14(7-11)24-4/h5-8H,1-4H3,(H,19,21). The molecule has 0 aliphatic rings. The van der Waals surface area contributed by atoms with E-state index in [1.807, 2.05) is 13.8 Å². The number of anilines is 1. The Kier molecular flexibility index (Phi) is 4.45. The molecular formula is C17H17N3O4S. The largest absolute Gasteiger partial charge is 0.493 e. The van der Waals surface area contributed by atoms with Crippen molar-refractivity contribution in [3.05, 3.63) is 50.9 Å². The fourth-order valence-electron chi connectivity index (χ4n) is 2.44. The maximum atomic E-state index is 12.6. The van der Waals surface area contributed by atoms with Crippen LogP contribution in [-0.2, 0) is 0 Å². The fourth-order valence-corrected chi connectivity index (χ4v) is 3.37. The number of methoxy groups -OCH3 is 2. The molecule has 0 aliphatic heterocycles. The lowest BCUT2D eigenvalue weighted by Crippen LogP contribution is -2.26. The van der Waals surface area contributed by atoms with Crippen LogP contribution in [0.15, 0.2) is 29.2 Å². The van der Waals surface area contributed by atoms with Gasteiger partial charge in [-0.2, -0.15) is 0 Å². The molecule has 130 valence electrons. The van der Waals surface area contributed by atoms with Crippen molar-refractivity contribution in [3.63, 3.8) is 0 Å². The number of nitrogens with zero attached hydrogens (tertiary/aromatic N) is 2. The lowest BCUT2D eigenvalue weighted by Gasteiger charge is -2.10. The van der Waals surface area contributed by atoms with E-state index in [-0.39, 0.29) is 11.1 Å². The summed E-state index contributed by atoms with van der Waals surface area (Å²) in [4.78, 5) is 30.9. The number of rotatable bonds is 4. The Bertz CT molecular complexity index is 1020. The van der Waals surface area contributed by atoms with Crippen LogP contribution in [0.5, 0.6) is 11.5 Å². The number of amides is 1. The van der Waals surface area contributed by atoms with Crippen LogP contribution in [0.4, 0.5) is 5.69 Å². The SMILES string of the molecule is COc1ccc(NC(=O)c2cnc3sc(C)c(C)n3c2=O)cc1OC. The number of ether oxygens (including phenoxy) is 2.